The number of fused-ring (bicyclic) bond motifs is 1. The minimum absolute atomic E-state index is 0.708. The van der Waals surface area contributed by atoms with Gasteiger partial charge in [-0.05, 0) is 48.6 Å². The van der Waals surface area contributed by atoms with Crippen LogP contribution in [0.2, 0.25) is 0 Å². The summed E-state index contributed by atoms with van der Waals surface area (Å²) in [5.41, 5.74) is 3.18. The van der Waals surface area contributed by atoms with Gasteiger partial charge in [-0.15, -0.1) is 0 Å². The molecule has 1 aromatic carbocycles. The van der Waals surface area contributed by atoms with Crippen LogP contribution in [-0.4, -0.2) is 36.1 Å². The molecule has 2 aliphatic carbocycles. The Morgan fingerprint density at radius 1 is 1.10 bits per heavy atom. The predicted molar refractivity (Wildman–Crippen MR) is 87.5 cm³/mol. The highest BCUT2D eigenvalue weighted by molar-refractivity contribution is 5.33. The predicted octanol–water partition coefficient (Wildman–Crippen LogP) is 2.86. The number of hydrogen-bond acceptors (Lipinski definition) is 2. The van der Waals surface area contributed by atoms with E-state index in [1.165, 1.54) is 38.8 Å². The molecule has 1 saturated carbocycles. The van der Waals surface area contributed by atoms with Crippen molar-refractivity contribution < 1.29 is 0 Å². The molecule has 0 amide bonds. The van der Waals surface area contributed by atoms with Crippen LogP contribution in [0, 0.1) is 11.8 Å². The SMILES string of the molecule is CC(C)C1CNC(C2CC2)CN1C1Cc2ccccc2C1. The molecule has 2 nitrogen and oxygen atoms in total. The van der Waals surface area contributed by atoms with Crippen LogP contribution in [0.25, 0.3) is 0 Å². The van der Waals surface area contributed by atoms with Crippen LogP contribution in [0.5, 0.6) is 0 Å². The van der Waals surface area contributed by atoms with Gasteiger partial charge in [0.15, 0.2) is 0 Å². The molecule has 0 bridgehead atoms. The number of nitrogens with zero attached hydrogens (tertiary/aromatic N) is 1. The van der Waals surface area contributed by atoms with E-state index in [4.69, 9.17) is 0 Å². The Morgan fingerprint density at radius 2 is 1.76 bits per heavy atom. The molecule has 1 heterocycles. The Hall–Kier alpha value is -0.860. The highest BCUT2D eigenvalue weighted by atomic mass is 15.3. The fourth-order valence-electron chi connectivity index (χ4n) is 4.44. The second kappa shape index (κ2) is 5.40. The summed E-state index contributed by atoms with van der Waals surface area (Å²) in [6, 6.07) is 11.3. The molecule has 3 aliphatic rings. The molecule has 4 rings (SSSR count). The molecule has 2 unspecified atom stereocenters. The molecular formula is C19H28N2. The van der Waals surface area contributed by atoms with Gasteiger partial charge in [0.05, 0.1) is 0 Å². The van der Waals surface area contributed by atoms with E-state index in [9.17, 15) is 0 Å². The van der Waals surface area contributed by atoms with E-state index in [2.05, 4.69) is 48.3 Å². The molecule has 1 saturated heterocycles. The van der Waals surface area contributed by atoms with E-state index in [0.717, 1.165) is 23.9 Å². The third-order valence-corrected chi connectivity index (χ3v) is 5.88. The van der Waals surface area contributed by atoms with Gasteiger partial charge in [0.2, 0.25) is 0 Å². The van der Waals surface area contributed by atoms with Crippen molar-refractivity contribution in [1.82, 2.24) is 10.2 Å². The van der Waals surface area contributed by atoms with Gasteiger partial charge >= 0.3 is 0 Å². The third kappa shape index (κ3) is 2.64. The number of rotatable bonds is 3. The van der Waals surface area contributed by atoms with Gasteiger partial charge in [-0.1, -0.05) is 38.1 Å². The Kier molecular flexibility index (Phi) is 3.55. The first-order chi connectivity index (χ1) is 10.2. The van der Waals surface area contributed by atoms with Crippen molar-refractivity contribution in [3.8, 4) is 0 Å². The van der Waals surface area contributed by atoms with E-state index in [-0.39, 0.29) is 0 Å². The van der Waals surface area contributed by atoms with E-state index in [0.29, 0.717) is 6.04 Å². The first-order valence-electron chi connectivity index (χ1n) is 8.78. The highest BCUT2D eigenvalue weighted by Gasteiger charge is 2.41. The van der Waals surface area contributed by atoms with E-state index < -0.39 is 0 Å². The maximum atomic E-state index is 3.85. The second-order valence-electron chi connectivity index (χ2n) is 7.69. The van der Waals surface area contributed by atoms with Gasteiger partial charge in [0.25, 0.3) is 0 Å². The van der Waals surface area contributed by atoms with Crippen molar-refractivity contribution in [1.29, 1.82) is 0 Å². The molecule has 0 spiro atoms. The lowest BCUT2D eigenvalue weighted by molar-refractivity contribution is 0.0542. The Bertz CT molecular complexity index is 481. The molecule has 21 heavy (non-hydrogen) atoms. The monoisotopic (exact) mass is 284 g/mol. The average Bonchev–Trinajstić information content (AvgIpc) is 3.25. The van der Waals surface area contributed by atoms with Crippen LogP contribution in [0.1, 0.15) is 37.8 Å². The van der Waals surface area contributed by atoms with E-state index in [1.807, 2.05) is 0 Å². The summed E-state index contributed by atoms with van der Waals surface area (Å²) in [4.78, 5) is 2.87. The van der Waals surface area contributed by atoms with Gasteiger partial charge in [0, 0.05) is 31.2 Å². The maximum Gasteiger partial charge on any atom is 0.0247 e. The standard InChI is InChI=1S/C19H28N2/c1-13(2)19-11-20-18(14-7-8-14)12-21(19)17-9-15-5-3-4-6-16(15)10-17/h3-6,13-14,17-20H,7-12H2,1-2H3. The van der Waals surface area contributed by atoms with Crippen molar-refractivity contribution in [2.45, 2.75) is 57.7 Å². The molecular weight excluding hydrogens is 256 g/mol. The van der Waals surface area contributed by atoms with Crippen LogP contribution in [0.4, 0.5) is 0 Å². The van der Waals surface area contributed by atoms with Crippen molar-refractivity contribution >= 4 is 0 Å². The van der Waals surface area contributed by atoms with Crippen LogP contribution >= 0.6 is 0 Å². The summed E-state index contributed by atoms with van der Waals surface area (Å²) in [6.07, 6.45) is 5.42. The maximum absolute atomic E-state index is 3.85. The Labute approximate surface area is 128 Å². The zero-order valence-electron chi connectivity index (χ0n) is 13.4. The van der Waals surface area contributed by atoms with Crippen molar-refractivity contribution in [3.05, 3.63) is 35.4 Å². The summed E-state index contributed by atoms with van der Waals surface area (Å²) < 4.78 is 0. The van der Waals surface area contributed by atoms with E-state index >= 15 is 0 Å². The zero-order valence-corrected chi connectivity index (χ0v) is 13.4. The quantitative estimate of drug-likeness (QED) is 0.918. The number of hydrogen-bond donors (Lipinski definition) is 1. The smallest absolute Gasteiger partial charge is 0.0247 e. The molecule has 1 N–H and O–H groups in total. The molecule has 2 heteroatoms. The zero-order chi connectivity index (χ0) is 14.4. The summed E-state index contributed by atoms with van der Waals surface area (Å²) in [5.74, 6) is 1.70. The van der Waals surface area contributed by atoms with Crippen LogP contribution in [-0.2, 0) is 12.8 Å². The Balaban J connectivity index is 1.53. The van der Waals surface area contributed by atoms with Gasteiger partial charge in [-0.25, -0.2) is 0 Å². The largest absolute Gasteiger partial charge is 0.311 e. The summed E-state index contributed by atoms with van der Waals surface area (Å²) in [5, 5.41) is 3.85. The summed E-state index contributed by atoms with van der Waals surface area (Å²) >= 11 is 0. The molecule has 1 aromatic rings. The lowest BCUT2D eigenvalue weighted by Gasteiger charge is -2.46. The van der Waals surface area contributed by atoms with Crippen LogP contribution in [0.3, 0.4) is 0 Å². The number of nitrogens with one attached hydrogen (secondary N) is 1. The van der Waals surface area contributed by atoms with Gasteiger partial charge in [-0.3, -0.25) is 4.90 Å². The first kappa shape index (κ1) is 13.8. The van der Waals surface area contributed by atoms with Gasteiger partial charge in [0.1, 0.15) is 0 Å². The third-order valence-electron chi connectivity index (χ3n) is 5.88. The first-order valence-corrected chi connectivity index (χ1v) is 8.78. The molecule has 114 valence electrons. The minimum atomic E-state index is 0.708. The lowest BCUT2D eigenvalue weighted by Crippen LogP contribution is -2.61. The Morgan fingerprint density at radius 3 is 2.33 bits per heavy atom. The molecule has 2 fully saturated rings. The topological polar surface area (TPSA) is 15.3 Å². The highest BCUT2D eigenvalue weighted by Crippen LogP contribution is 2.36. The van der Waals surface area contributed by atoms with Gasteiger partial charge < -0.3 is 5.32 Å². The van der Waals surface area contributed by atoms with Crippen LogP contribution < -0.4 is 5.32 Å². The minimum Gasteiger partial charge on any atom is -0.311 e. The second-order valence-corrected chi connectivity index (χ2v) is 7.69. The molecule has 0 aromatic heterocycles. The van der Waals surface area contributed by atoms with Crippen molar-refractivity contribution in [2.75, 3.05) is 13.1 Å². The number of piperazine rings is 1. The molecule has 2 atom stereocenters. The molecule has 0 radical (unpaired) electrons. The normalized spacial score (nSPS) is 30.8. The van der Waals surface area contributed by atoms with Crippen molar-refractivity contribution in [3.63, 3.8) is 0 Å². The fraction of sp³-hybridized carbons (Fsp3) is 0.684. The van der Waals surface area contributed by atoms with Crippen molar-refractivity contribution in [2.24, 2.45) is 11.8 Å². The fourth-order valence-corrected chi connectivity index (χ4v) is 4.44. The van der Waals surface area contributed by atoms with Crippen LogP contribution in [0.15, 0.2) is 24.3 Å². The summed E-state index contributed by atoms with van der Waals surface area (Å²) in [6.45, 7) is 7.23. The average molecular weight is 284 g/mol. The van der Waals surface area contributed by atoms with Gasteiger partial charge in [-0.2, -0.15) is 0 Å². The molecule has 1 aliphatic heterocycles. The lowest BCUT2D eigenvalue weighted by atomic mass is 9.94. The number of benzene rings is 1. The summed E-state index contributed by atoms with van der Waals surface area (Å²) in [7, 11) is 0. The van der Waals surface area contributed by atoms with E-state index in [1.54, 1.807) is 11.1 Å².